The van der Waals surface area contributed by atoms with Crippen LogP contribution in [-0.2, 0) is 6.54 Å². The summed E-state index contributed by atoms with van der Waals surface area (Å²) in [5.41, 5.74) is 10.3. The highest BCUT2D eigenvalue weighted by atomic mass is 16.5. The summed E-state index contributed by atoms with van der Waals surface area (Å²) in [6, 6.07) is 11.2. The van der Waals surface area contributed by atoms with Crippen LogP contribution in [0.5, 0.6) is 11.5 Å². The fourth-order valence-corrected chi connectivity index (χ4v) is 3.65. The van der Waals surface area contributed by atoms with Gasteiger partial charge in [-0.25, -0.2) is 9.67 Å². The Hall–Kier alpha value is -4.34. The van der Waals surface area contributed by atoms with Gasteiger partial charge < -0.3 is 24.9 Å². The molecule has 10 heteroatoms. The summed E-state index contributed by atoms with van der Waals surface area (Å²) in [6.45, 7) is 5.92. The number of nitrogen functional groups attached to an aromatic ring is 1. The van der Waals surface area contributed by atoms with E-state index in [1.54, 1.807) is 33.3 Å². The Balaban J connectivity index is 1.54. The van der Waals surface area contributed by atoms with Crippen LogP contribution in [0.15, 0.2) is 40.8 Å². The van der Waals surface area contributed by atoms with E-state index in [1.807, 2.05) is 38.1 Å². The van der Waals surface area contributed by atoms with E-state index in [2.05, 4.69) is 20.6 Å². The van der Waals surface area contributed by atoms with Crippen LogP contribution in [-0.4, -0.2) is 40.1 Å². The van der Waals surface area contributed by atoms with Crippen LogP contribution in [0.25, 0.3) is 11.5 Å². The second-order valence-corrected chi connectivity index (χ2v) is 7.90. The zero-order valence-electron chi connectivity index (χ0n) is 19.7. The van der Waals surface area contributed by atoms with E-state index in [4.69, 9.17) is 19.6 Å². The second kappa shape index (κ2) is 9.26. The number of hydrogen-bond acceptors (Lipinski definition) is 8. The SMILES string of the molecule is COc1ccc(-c2nc(Cn3nnc(C(=O)Nc4cc(C)cc(C)c4)c3N)c(C)o2)cc1OC. The molecule has 0 fully saturated rings. The molecule has 0 radical (unpaired) electrons. The smallest absolute Gasteiger partial charge is 0.280 e. The average Bonchev–Trinajstić information content (AvgIpc) is 3.35. The Morgan fingerprint density at radius 3 is 2.44 bits per heavy atom. The lowest BCUT2D eigenvalue weighted by Gasteiger charge is -2.07. The van der Waals surface area contributed by atoms with Crippen LogP contribution in [0, 0.1) is 20.8 Å². The molecule has 0 bridgehead atoms. The Labute approximate surface area is 196 Å². The number of methoxy groups -OCH3 is 2. The fourth-order valence-electron chi connectivity index (χ4n) is 3.65. The molecule has 0 aliphatic carbocycles. The molecule has 10 nitrogen and oxygen atoms in total. The topological polar surface area (TPSA) is 130 Å². The van der Waals surface area contributed by atoms with Gasteiger partial charge in [-0.05, 0) is 62.2 Å². The van der Waals surface area contributed by atoms with Gasteiger partial charge in [-0.1, -0.05) is 11.3 Å². The lowest BCUT2D eigenvalue weighted by molar-refractivity contribution is 0.102. The number of hydrogen-bond donors (Lipinski definition) is 2. The Bertz CT molecular complexity index is 1340. The first-order valence-corrected chi connectivity index (χ1v) is 10.6. The molecule has 0 aliphatic rings. The predicted molar refractivity (Wildman–Crippen MR) is 127 cm³/mol. The van der Waals surface area contributed by atoms with E-state index in [0.29, 0.717) is 34.5 Å². The van der Waals surface area contributed by atoms with Gasteiger partial charge in [0.1, 0.15) is 11.5 Å². The number of oxazole rings is 1. The molecular formula is C24H26N6O4. The maximum absolute atomic E-state index is 12.7. The molecule has 1 amide bonds. The third-order valence-corrected chi connectivity index (χ3v) is 5.29. The standard InChI is InChI=1S/C24H26N6O4/c1-13-8-14(2)10-17(9-13)26-23(31)21-22(25)30(29-28-21)12-18-15(3)34-24(27-18)16-6-7-19(32-4)20(11-16)33-5/h6-11H,12,25H2,1-5H3,(H,26,31). The first-order valence-electron chi connectivity index (χ1n) is 10.6. The number of nitrogens with one attached hydrogen (secondary N) is 1. The molecule has 0 saturated heterocycles. The summed E-state index contributed by atoms with van der Waals surface area (Å²) in [6.07, 6.45) is 0. The van der Waals surface area contributed by atoms with Crippen molar-refractivity contribution >= 4 is 17.4 Å². The van der Waals surface area contributed by atoms with Crippen LogP contribution in [0.4, 0.5) is 11.5 Å². The van der Waals surface area contributed by atoms with E-state index in [9.17, 15) is 4.79 Å². The molecule has 34 heavy (non-hydrogen) atoms. The van der Waals surface area contributed by atoms with Crippen molar-refractivity contribution in [1.29, 1.82) is 0 Å². The number of benzene rings is 2. The van der Waals surface area contributed by atoms with Crippen molar-refractivity contribution in [3.05, 3.63) is 64.7 Å². The van der Waals surface area contributed by atoms with E-state index >= 15 is 0 Å². The van der Waals surface area contributed by atoms with Crippen molar-refractivity contribution < 1.29 is 18.7 Å². The first kappa shape index (κ1) is 22.8. The van der Waals surface area contributed by atoms with Crippen LogP contribution < -0.4 is 20.5 Å². The number of nitrogens with zero attached hydrogens (tertiary/aromatic N) is 4. The molecule has 4 aromatic rings. The van der Waals surface area contributed by atoms with Crippen LogP contribution in [0.1, 0.15) is 33.1 Å². The maximum Gasteiger partial charge on any atom is 0.280 e. The first-order chi connectivity index (χ1) is 16.3. The zero-order chi connectivity index (χ0) is 24.4. The number of amides is 1. The van der Waals surface area contributed by atoms with Gasteiger partial charge in [0.25, 0.3) is 5.91 Å². The highest BCUT2D eigenvalue weighted by Gasteiger charge is 2.20. The molecule has 2 heterocycles. The molecule has 0 saturated carbocycles. The number of carbonyl (C=O) groups is 1. The lowest BCUT2D eigenvalue weighted by atomic mass is 10.1. The van der Waals surface area contributed by atoms with Gasteiger partial charge in [0, 0.05) is 11.3 Å². The second-order valence-electron chi connectivity index (χ2n) is 7.90. The van der Waals surface area contributed by atoms with Crippen molar-refractivity contribution in [2.45, 2.75) is 27.3 Å². The molecule has 0 unspecified atom stereocenters. The van der Waals surface area contributed by atoms with Crippen molar-refractivity contribution in [1.82, 2.24) is 20.0 Å². The molecule has 176 valence electrons. The Morgan fingerprint density at radius 1 is 1.06 bits per heavy atom. The minimum absolute atomic E-state index is 0.0421. The van der Waals surface area contributed by atoms with E-state index in [-0.39, 0.29) is 18.1 Å². The van der Waals surface area contributed by atoms with Crippen molar-refractivity contribution in [3.63, 3.8) is 0 Å². The lowest BCUT2D eigenvalue weighted by Crippen LogP contribution is -2.15. The van der Waals surface area contributed by atoms with E-state index < -0.39 is 5.91 Å². The number of aromatic nitrogens is 4. The van der Waals surface area contributed by atoms with Gasteiger partial charge >= 0.3 is 0 Å². The van der Waals surface area contributed by atoms with E-state index in [1.165, 1.54) is 4.68 Å². The Morgan fingerprint density at radius 2 is 1.76 bits per heavy atom. The number of carbonyl (C=O) groups excluding carboxylic acids is 1. The minimum Gasteiger partial charge on any atom is -0.493 e. The van der Waals surface area contributed by atoms with Gasteiger partial charge in [0.2, 0.25) is 5.89 Å². The third kappa shape index (κ3) is 4.56. The molecule has 0 atom stereocenters. The number of aryl methyl sites for hydroxylation is 3. The molecule has 2 aromatic heterocycles. The third-order valence-electron chi connectivity index (χ3n) is 5.29. The average molecular weight is 463 g/mol. The molecule has 4 rings (SSSR count). The molecular weight excluding hydrogens is 436 g/mol. The fraction of sp³-hybridized carbons (Fsp3) is 0.250. The zero-order valence-corrected chi connectivity index (χ0v) is 19.7. The molecule has 0 aliphatic heterocycles. The van der Waals surface area contributed by atoms with Crippen LogP contribution in [0.3, 0.4) is 0 Å². The van der Waals surface area contributed by atoms with Crippen molar-refractivity contribution in [2.75, 3.05) is 25.3 Å². The van der Waals surface area contributed by atoms with Crippen molar-refractivity contribution in [2.24, 2.45) is 0 Å². The van der Waals surface area contributed by atoms with Gasteiger partial charge in [0.15, 0.2) is 23.0 Å². The van der Waals surface area contributed by atoms with Gasteiger partial charge in [-0.2, -0.15) is 0 Å². The number of nitrogens with two attached hydrogens (primary N) is 1. The summed E-state index contributed by atoms with van der Waals surface area (Å²) in [4.78, 5) is 17.3. The minimum atomic E-state index is -0.434. The number of ether oxygens (including phenoxy) is 2. The number of rotatable bonds is 7. The van der Waals surface area contributed by atoms with Crippen LogP contribution in [0.2, 0.25) is 0 Å². The monoisotopic (exact) mass is 462 g/mol. The molecule has 0 spiro atoms. The summed E-state index contributed by atoms with van der Waals surface area (Å²) in [7, 11) is 3.14. The predicted octanol–water partition coefficient (Wildman–Crippen LogP) is 3.76. The summed E-state index contributed by atoms with van der Waals surface area (Å²) in [5.74, 6) is 1.89. The van der Waals surface area contributed by atoms with Crippen LogP contribution >= 0.6 is 0 Å². The summed E-state index contributed by atoms with van der Waals surface area (Å²) < 4.78 is 17.9. The summed E-state index contributed by atoms with van der Waals surface area (Å²) >= 11 is 0. The highest BCUT2D eigenvalue weighted by molar-refractivity contribution is 6.05. The maximum atomic E-state index is 12.7. The summed E-state index contributed by atoms with van der Waals surface area (Å²) in [5, 5.41) is 10.8. The van der Waals surface area contributed by atoms with Crippen molar-refractivity contribution in [3.8, 4) is 23.0 Å². The quantitative estimate of drug-likeness (QED) is 0.425. The number of anilines is 2. The van der Waals surface area contributed by atoms with E-state index in [0.717, 1.165) is 16.7 Å². The normalized spacial score (nSPS) is 10.9. The Kier molecular flexibility index (Phi) is 6.22. The van der Waals surface area contributed by atoms with Gasteiger partial charge in [-0.3, -0.25) is 4.79 Å². The van der Waals surface area contributed by atoms with Gasteiger partial charge in [0.05, 0.1) is 20.8 Å². The highest BCUT2D eigenvalue weighted by Crippen LogP contribution is 2.32. The van der Waals surface area contributed by atoms with Gasteiger partial charge in [-0.15, -0.1) is 5.10 Å². The largest absolute Gasteiger partial charge is 0.493 e. The molecule has 2 aromatic carbocycles. The molecule has 3 N–H and O–H groups in total.